The molecule has 0 radical (unpaired) electrons. The maximum absolute atomic E-state index is 12.9. The van der Waals surface area contributed by atoms with Crippen LogP contribution < -0.4 is 0 Å². The Morgan fingerprint density at radius 2 is 1.76 bits per heavy atom. The molecule has 0 aromatic heterocycles. The number of aliphatic carboxylic acids is 1. The summed E-state index contributed by atoms with van der Waals surface area (Å²) in [6, 6.07) is 8.33. The SMILES string of the molecule is O=C(O)C1CC2CCC1N2C(=O)C1Cc2ccccc2C1. The summed E-state index contributed by atoms with van der Waals surface area (Å²) < 4.78 is 0. The topological polar surface area (TPSA) is 57.6 Å². The first-order chi connectivity index (χ1) is 10.1. The minimum atomic E-state index is -0.741. The van der Waals surface area contributed by atoms with Gasteiger partial charge in [0.25, 0.3) is 0 Å². The van der Waals surface area contributed by atoms with E-state index in [1.807, 2.05) is 17.0 Å². The van der Waals surface area contributed by atoms with Crippen molar-refractivity contribution >= 4 is 11.9 Å². The van der Waals surface area contributed by atoms with Crippen LogP contribution in [0, 0.1) is 11.8 Å². The third-order valence-electron chi connectivity index (χ3n) is 5.51. The predicted octanol–water partition coefficient (Wildman–Crippen LogP) is 1.87. The zero-order valence-electron chi connectivity index (χ0n) is 11.9. The summed E-state index contributed by atoms with van der Waals surface area (Å²) in [4.78, 5) is 26.1. The molecule has 4 rings (SSSR count). The number of carbonyl (C=O) groups is 2. The van der Waals surface area contributed by atoms with Gasteiger partial charge in [-0.3, -0.25) is 9.59 Å². The molecule has 3 aliphatic rings. The van der Waals surface area contributed by atoms with Gasteiger partial charge in [-0.2, -0.15) is 0 Å². The van der Waals surface area contributed by atoms with Gasteiger partial charge in [-0.05, 0) is 43.2 Å². The van der Waals surface area contributed by atoms with Crippen molar-refractivity contribution in [3.8, 4) is 0 Å². The Hall–Kier alpha value is -1.84. The number of carboxylic acids is 1. The smallest absolute Gasteiger partial charge is 0.308 e. The lowest BCUT2D eigenvalue weighted by atomic mass is 9.89. The molecule has 3 unspecified atom stereocenters. The number of benzene rings is 1. The average molecular weight is 285 g/mol. The first kappa shape index (κ1) is 12.9. The average Bonchev–Trinajstić information content (AvgIpc) is 3.18. The van der Waals surface area contributed by atoms with Crippen molar-refractivity contribution in [1.29, 1.82) is 0 Å². The summed E-state index contributed by atoms with van der Waals surface area (Å²) >= 11 is 0. The van der Waals surface area contributed by atoms with Gasteiger partial charge in [0, 0.05) is 18.0 Å². The monoisotopic (exact) mass is 285 g/mol. The molecule has 4 heteroatoms. The molecule has 110 valence electrons. The van der Waals surface area contributed by atoms with Crippen molar-refractivity contribution in [2.45, 2.75) is 44.2 Å². The van der Waals surface area contributed by atoms with Gasteiger partial charge < -0.3 is 10.0 Å². The predicted molar refractivity (Wildman–Crippen MR) is 76.7 cm³/mol. The van der Waals surface area contributed by atoms with Crippen molar-refractivity contribution in [1.82, 2.24) is 4.90 Å². The highest BCUT2D eigenvalue weighted by Crippen LogP contribution is 2.43. The molecular formula is C17H19NO3. The fraction of sp³-hybridized carbons (Fsp3) is 0.529. The second kappa shape index (κ2) is 4.58. The molecule has 3 atom stereocenters. The van der Waals surface area contributed by atoms with Gasteiger partial charge in [-0.25, -0.2) is 0 Å². The van der Waals surface area contributed by atoms with Crippen LogP contribution in [0.25, 0.3) is 0 Å². The van der Waals surface area contributed by atoms with E-state index in [4.69, 9.17) is 0 Å². The zero-order valence-corrected chi connectivity index (χ0v) is 11.9. The van der Waals surface area contributed by atoms with Crippen LogP contribution >= 0.6 is 0 Å². The second-order valence-electron chi connectivity index (χ2n) is 6.60. The molecule has 21 heavy (non-hydrogen) atoms. The van der Waals surface area contributed by atoms with E-state index >= 15 is 0 Å². The van der Waals surface area contributed by atoms with E-state index in [0.29, 0.717) is 6.42 Å². The highest BCUT2D eigenvalue weighted by molar-refractivity contribution is 5.83. The molecule has 1 aromatic carbocycles. The Balaban J connectivity index is 1.54. The molecule has 2 saturated heterocycles. The van der Waals surface area contributed by atoms with Crippen LogP contribution in [-0.2, 0) is 22.4 Å². The molecule has 1 N–H and O–H groups in total. The molecule has 2 aliphatic heterocycles. The van der Waals surface area contributed by atoms with Crippen LogP contribution in [0.15, 0.2) is 24.3 Å². The lowest BCUT2D eigenvalue weighted by Gasteiger charge is -2.26. The van der Waals surface area contributed by atoms with E-state index in [1.54, 1.807) is 0 Å². The number of carboxylic acid groups (broad SMARTS) is 1. The molecular weight excluding hydrogens is 266 g/mol. The molecule has 1 aromatic rings. The van der Waals surface area contributed by atoms with E-state index in [1.165, 1.54) is 11.1 Å². The second-order valence-corrected chi connectivity index (χ2v) is 6.60. The minimum Gasteiger partial charge on any atom is -0.481 e. The molecule has 2 heterocycles. The van der Waals surface area contributed by atoms with Gasteiger partial charge in [-0.1, -0.05) is 24.3 Å². The summed E-state index contributed by atoms with van der Waals surface area (Å²) in [6.07, 6.45) is 4.09. The Morgan fingerprint density at radius 3 is 2.33 bits per heavy atom. The number of hydrogen-bond acceptors (Lipinski definition) is 2. The van der Waals surface area contributed by atoms with Gasteiger partial charge in [-0.15, -0.1) is 0 Å². The van der Waals surface area contributed by atoms with Crippen molar-refractivity contribution in [2.24, 2.45) is 11.8 Å². The van der Waals surface area contributed by atoms with Crippen LogP contribution in [0.1, 0.15) is 30.4 Å². The van der Waals surface area contributed by atoms with Gasteiger partial charge in [0.2, 0.25) is 5.91 Å². The minimum absolute atomic E-state index is 0.0121. The number of amides is 1. The molecule has 2 bridgehead atoms. The van der Waals surface area contributed by atoms with Gasteiger partial charge in [0.1, 0.15) is 0 Å². The van der Waals surface area contributed by atoms with E-state index in [9.17, 15) is 14.7 Å². The first-order valence-electron chi connectivity index (χ1n) is 7.77. The standard InChI is InChI=1S/C17H19NO3/c19-16(12-7-10-3-1-2-4-11(10)8-12)18-13-5-6-15(18)14(9-13)17(20)21/h1-4,12-15H,5-9H2,(H,20,21). The Bertz CT molecular complexity index is 587. The van der Waals surface area contributed by atoms with E-state index in [-0.39, 0.29) is 29.8 Å². The van der Waals surface area contributed by atoms with Crippen molar-refractivity contribution in [2.75, 3.05) is 0 Å². The molecule has 2 fully saturated rings. The Kier molecular flexibility index (Phi) is 2.81. The number of nitrogens with zero attached hydrogens (tertiary/aromatic N) is 1. The first-order valence-corrected chi connectivity index (χ1v) is 7.77. The maximum atomic E-state index is 12.9. The quantitative estimate of drug-likeness (QED) is 0.902. The molecule has 1 amide bonds. The highest BCUT2D eigenvalue weighted by atomic mass is 16.4. The number of rotatable bonds is 2. The number of carbonyl (C=O) groups excluding carboxylic acids is 1. The van der Waals surface area contributed by atoms with Crippen molar-refractivity contribution < 1.29 is 14.7 Å². The van der Waals surface area contributed by atoms with Crippen LogP contribution in [0.4, 0.5) is 0 Å². The third-order valence-corrected chi connectivity index (χ3v) is 5.51. The van der Waals surface area contributed by atoms with Crippen molar-refractivity contribution in [3.05, 3.63) is 35.4 Å². The summed E-state index contributed by atoms with van der Waals surface area (Å²) in [5.74, 6) is -0.897. The molecule has 1 aliphatic carbocycles. The lowest BCUT2D eigenvalue weighted by Crippen LogP contribution is -2.41. The van der Waals surface area contributed by atoms with Gasteiger partial charge >= 0.3 is 5.97 Å². The normalized spacial score (nSPS) is 30.7. The molecule has 0 saturated carbocycles. The number of fused-ring (bicyclic) bond motifs is 3. The Labute approximate surface area is 123 Å². The van der Waals surface area contributed by atoms with Crippen LogP contribution in [0.3, 0.4) is 0 Å². The van der Waals surface area contributed by atoms with E-state index < -0.39 is 5.97 Å². The van der Waals surface area contributed by atoms with E-state index in [0.717, 1.165) is 25.7 Å². The zero-order chi connectivity index (χ0) is 14.6. The lowest BCUT2D eigenvalue weighted by molar-refractivity contribution is -0.143. The van der Waals surface area contributed by atoms with Crippen LogP contribution in [0.2, 0.25) is 0 Å². The summed E-state index contributed by atoms with van der Waals surface area (Å²) in [5, 5.41) is 9.30. The fourth-order valence-corrected chi connectivity index (χ4v) is 4.54. The summed E-state index contributed by atoms with van der Waals surface area (Å²) in [6.45, 7) is 0. The van der Waals surface area contributed by atoms with Crippen molar-refractivity contribution in [3.63, 3.8) is 0 Å². The van der Waals surface area contributed by atoms with Gasteiger partial charge in [0.15, 0.2) is 0 Å². The fourth-order valence-electron chi connectivity index (χ4n) is 4.54. The van der Waals surface area contributed by atoms with Crippen LogP contribution in [-0.4, -0.2) is 34.0 Å². The Morgan fingerprint density at radius 1 is 1.10 bits per heavy atom. The summed E-state index contributed by atoms with van der Waals surface area (Å²) in [7, 11) is 0. The largest absolute Gasteiger partial charge is 0.481 e. The highest BCUT2D eigenvalue weighted by Gasteiger charge is 2.52. The third kappa shape index (κ3) is 1.88. The molecule has 0 spiro atoms. The van der Waals surface area contributed by atoms with E-state index in [2.05, 4.69) is 12.1 Å². The maximum Gasteiger partial charge on any atom is 0.308 e. The molecule has 4 nitrogen and oxygen atoms in total. The summed E-state index contributed by atoms with van der Waals surface area (Å²) in [5.41, 5.74) is 2.55. The van der Waals surface area contributed by atoms with Gasteiger partial charge in [0.05, 0.1) is 5.92 Å². The van der Waals surface area contributed by atoms with Crippen LogP contribution in [0.5, 0.6) is 0 Å². The number of hydrogen-bond donors (Lipinski definition) is 1.